The molecule has 10 heteroatoms. The highest BCUT2D eigenvalue weighted by Gasteiger charge is 2.29. The number of morpholine rings is 1. The lowest BCUT2D eigenvalue weighted by Crippen LogP contribution is -2.54. The van der Waals surface area contributed by atoms with Gasteiger partial charge in [0.2, 0.25) is 0 Å². The molecule has 24 heavy (non-hydrogen) atoms. The first-order chi connectivity index (χ1) is 10.2. The summed E-state index contributed by atoms with van der Waals surface area (Å²) < 4.78 is 5.54. The number of nitrogens with zero attached hydrogens (tertiary/aromatic N) is 3. The van der Waals surface area contributed by atoms with Crippen LogP contribution in [0.25, 0.3) is 0 Å². The summed E-state index contributed by atoms with van der Waals surface area (Å²) in [5, 5.41) is 4.32. The van der Waals surface area contributed by atoms with E-state index in [1.165, 1.54) is 4.88 Å². The van der Waals surface area contributed by atoms with E-state index < -0.39 is 0 Å². The first-order valence-electron chi connectivity index (χ1n) is 7.47. The van der Waals surface area contributed by atoms with Gasteiger partial charge in [-0.15, -0.1) is 48.6 Å². The Morgan fingerprint density at radius 2 is 2.04 bits per heavy atom. The van der Waals surface area contributed by atoms with Crippen LogP contribution < -0.4 is 5.32 Å². The van der Waals surface area contributed by atoms with Crippen LogP contribution in [0.5, 0.6) is 0 Å². The smallest absolute Gasteiger partial charge is 0.253 e. The Morgan fingerprint density at radius 1 is 1.33 bits per heavy atom. The molecule has 2 aliphatic heterocycles. The number of thiazole rings is 1. The molecule has 1 aromatic rings. The van der Waals surface area contributed by atoms with E-state index in [9.17, 15) is 4.79 Å². The minimum atomic E-state index is -0.297. The molecule has 2 fully saturated rings. The van der Waals surface area contributed by atoms with Gasteiger partial charge in [0.05, 0.1) is 11.6 Å². The highest BCUT2D eigenvalue weighted by Crippen LogP contribution is 2.16. The summed E-state index contributed by atoms with van der Waals surface area (Å²) in [5.41, 5.74) is 0. The number of hydrogen-bond acceptors (Lipinski definition) is 6. The van der Waals surface area contributed by atoms with E-state index in [0.717, 1.165) is 44.3 Å². The Kier molecular flexibility index (Phi) is 11.4. The molecule has 140 valence electrons. The average molecular weight is 420 g/mol. The van der Waals surface area contributed by atoms with Gasteiger partial charge in [0, 0.05) is 56.9 Å². The third-order valence-corrected chi connectivity index (χ3v) is 4.83. The van der Waals surface area contributed by atoms with E-state index in [2.05, 4.69) is 15.2 Å². The summed E-state index contributed by atoms with van der Waals surface area (Å²) in [6.07, 6.45) is 1.66. The number of carbonyl (C=O) groups is 1. The fraction of sp³-hybridized carbons (Fsp3) is 0.714. The Labute approximate surface area is 165 Å². The predicted octanol–water partition coefficient (Wildman–Crippen LogP) is 1.35. The van der Waals surface area contributed by atoms with E-state index in [1.807, 2.05) is 18.0 Å². The van der Waals surface area contributed by atoms with Gasteiger partial charge in [-0.3, -0.25) is 9.69 Å². The van der Waals surface area contributed by atoms with Crippen LogP contribution in [0.3, 0.4) is 0 Å². The number of aryl methyl sites for hydroxylation is 1. The Bertz CT molecular complexity index is 492. The normalized spacial score (nSPS) is 21.2. The van der Waals surface area contributed by atoms with Gasteiger partial charge < -0.3 is 15.0 Å². The van der Waals surface area contributed by atoms with Crippen LogP contribution in [-0.2, 0) is 16.1 Å². The first kappa shape index (κ1) is 23.9. The second kappa shape index (κ2) is 11.5. The fourth-order valence-corrected chi connectivity index (χ4v) is 3.59. The SMILES string of the molecule is Cc1ncc(CN2CCN(C(=O)C3CNCCO3)CC2)s1.Cl.Cl.Cl. The van der Waals surface area contributed by atoms with E-state index in [4.69, 9.17) is 4.74 Å². The number of amides is 1. The molecule has 1 aromatic heterocycles. The molecule has 3 heterocycles. The van der Waals surface area contributed by atoms with Crippen molar-refractivity contribution in [1.82, 2.24) is 20.1 Å². The summed E-state index contributed by atoms with van der Waals surface area (Å²) in [4.78, 5) is 22.3. The molecule has 1 unspecified atom stereocenters. The molecular formula is C14H25Cl3N4O2S. The molecule has 0 radical (unpaired) electrons. The van der Waals surface area contributed by atoms with Crippen molar-refractivity contribution in [2.24, 2.45) is 0 Å². The van der Waals surface area contributed by atoms with Crippen LogP contribution in [0.1, 0.15) is 9.88 Å². The van der Waals surface area contributed by atoms with Crippen molar-refractivity contribution in [3.63, 3.8) is 0 Å². The minimum Gasteiger partial charge on any atom is -0.366 e. The fourth-order valence-electron chi connectivity index (χ4n) is 2.75. The summed E-state index contributed by atoms with van der Waals surface area (Å²) in [6.45, 7) is 8.49. The van der Waals surface area contributed by atoms with E-state index >= 15 is 0 Å². The largest absolute Gasteiger partial charge is 0.366 e. The standard InChI is InChI=1S/C14H22N4O2S.3ClH/c1-11-16-8-12(21-11)10-17-3-5-18(6-4-17)14(19)13-9-15-2-7-20-13;;;/h8,13,15H,2-7,9-10H2,1H3;3*1H. The number of halogens is 3. The van der Waals surface area contributed by atoms with Gasteiger partial charge >= 0.3 is 0 Å². The van der Waals surface area contributed by atoms with Crippen molar-refractivity contribution < 1.29 is 9.53 Å². The summed E-state index contributed by atoms with van der Waals surface area (Å²) in [6, 6.07) is 0. The molecule has 2 aliphatic rings. The maximum Gasteiger partial charge on any atom is 0.253 e. The Balaban J connectivity index is 0.00000176. The van der Waals surface area contributed by atoms with E-state index in [1.54, 1.807) is 11.3 Å². The van der Waals surface area contributed by atoms with Crippen LogP contribution in [0.15, 0.2) is 6.20 Å². The number of rotatable bonds is 3. The quantitative estimate of drug-likeness (QED) is 0.801. The van der Waals surface area contributed by atoms with Crippen LogP contribution in [0, 0.1) is 6.92 Å². The maximum atomic E-state index is 12.4. The van der Waals surface area contributed by atoms with Crippen LogP contribution in [0.4, 0.5) is 0 Å². The molecule has 0 aliphatic carbocycles. The maximum absolute atomic E-state index is 12.4. The lowest BCUT2D eigenvalue weighted by atomic mass is 10.2. The summed E-state index contributed by atoms with van der Waals surface area (Å²) >= 11 is 1.75. The first-order valence-corrected chi connectivity index (χ1v) is 8.29. The van der Waals surface area contributed by atoms with Crippen LogP contribution >= 0.6 is 48.6 Å². The predicted molar refractivity (Wildman–Crippen MR) is 103 cm³/mol. The monoisotopic (exact) mass is 418 g/mol. The number of nitrogens with one attached hydrogen (secondary N) is 1. The van der Waals surface area contributed by atoms with Gasteiger partial charge in [-0.25, -0.2) is 4.98 Å². The zero-order valence-corrected chi connectivity index (χ0v) is 16.9. The molecule has 0 aromatic carbocycles. The molecule has 0 spiro atoms. The summed E-state index contributed by atoms with van der Waals surface area (Å²) in [7, 11) is 0. The minimum absolute atomic E-state index is 0. The van der Waals surface area contributed by atoms with E-state index in [0.29, 0.717) is 13.2 Å². The van der Waals surface area contributed by atoms with Crippen molar-refractivity contribution in [3.8, 4) is 0 Å². The molecule has 1 N–H and O–H groups in total. The molecule has 6 nitrogen and oxygen atoms in total. The zero-order chi connectivity index (χ0) is 14.7. The molecule has 1 atom stereocenters. The number of piperazine rings is 1. The zero-order valence-electron chi connectivity index (χ0n) is 13.6. The Hall–Kier alpha value is -0.150. The van der Waals surface area contributed by atoms with Gasteiger partial charge in [0.25, 0.3) is 5.91 Å². The third-order valence-electron chi connectivity index (χ3n) is 3.94. The number of ether oxygens (including phenoxy) is 1. The van der Waals surface area contributed by atoms with Gasteiger partial charge in [-0.1, -0.05) is 0 Å². The Morgan fingerprint density at radius 3 is 2.58 bits per heavy atom. The number of aromatic nitrogens is 1. The topological polar surface area (TPSA) is 57.7 Å². The van der Waals surface area contributed by atoms with Gasteiger partial charge in [0.15, 0.2) is 0 Å². The second-order valence-corrected chi connectivity index (χ2v) is 6.83. The second-order valence-electron chi connectivity index (χ2n) is 5.51. The average Bonchev–Trinajstić information content (AvgIpc) is 2.93. The lowest BCUT2D eigenvalue weighted by molar-refractivity contribution is -0.147. The van der Waals surface area contributed by atoms with Gasteiger partial charge in [-0.05, 0) is 6.92 Å². The van der Waals surface area contributed by atoms with Crippen LogP contribution in [0.2, 0.25) is 0 Å². The van der Waals surface area contributed by atoms with Crippen molar-refractivity contribution in [2.75, 3.05) is 45.9 Å². The molecule has 3 rings (SSSR count). The molecule has 2 saturated heterocycles. The van der Waals surface area contributed by atoms with Crippen molar-refractivity contribution >= 4 is 54.5 Å². The third kappa shape index (κ3) is 6.29. The molecule has 1 amide bonds. The molecule has 0 bridgehead atoms. The van der Waals surface area contributed by atoms with E-state index in [-0.39, 0.29) is 49.2 Å². The van der Waals surface area contributed by atoms with Crippen molar-refractivity contribution in [2.45, 2.75) is 19.6 Å². The highest BCUT2D eigenvalue weighted by atomic mass is 35.5. The van der Waals surface area contributed by atoms with Gasteiger partial charge in [0.1, 0.15) is 6.10 Å². The highest BCUT2D eigenvalue weighted by molar-refractivity contribution is 7.11. The molecular weight excluding hydrogens is 395 g/mol. The summed E-state index contributed by atoms with van der Waals surface area (Å²) in [5.74, 6) is 0.135. The van der Waals surface area contributed by atoms with Crippen molar-refractivity contribution in [1.29, 1.82) is 0 Å². The van der Waals surface area contributed by atoms with Gasteiger partial charge in [-0.2, -0.15) is 0 Å². The lowest BCUT2D eigenvalue weighted by Gasteiger charge is -2.36. The number of carbonyl (C=O) groups excluding carboxylic acids is 1. The molecule has 0 saturated carbocycles. The van der Waals surface area contributed by atoms with Crippen LogP contribution in [-0.4, -0.2) is 72.7 Å². The number of hydrogen-bond donors (Lipinski definition) is 1. The van der Waals surface area contributed by atoms with Crippen molar-refractivity contribution in [3.05, 3.63) is 16.1 Å².